The molecule has 1 aromatic heterocycles. The molecule has 1 atom stereocenters. The highest BCUT2D eigenvalue weighted by molar-refractivity contribution is 5.75. The fraction of sp³-hybridized carbons (Fsp3) is 0.143. The van der Waals surface area contributed by atoms with Crippen LogP contribution in [0.4, 0.5) is 0 Å². The molecule has 0 radical (unpaired) electrons. The lowest BCUT2D eigenvalue weighted by Crippen LogP contribution is -2.09. The molecule has 3 nitrogen and oxygen atoms in total. The molecule has 2 aromatic rings. The predicted molar refractivity (Wildman–Crippen MR) is 65.7 cm³/mol. The van der Waals surface area contributed by atoms with E-state index in [0.717, 1.165) is 11.1 Å². The number of hydrogen-bond acceptors (Lipinski definition) is 2. The average Bonchev–Trinajstić information content (AvgIpc) is 2.39. The molecular weight excluding hydrogens is 214 g/mol. The summed E-state index contributed by atoms with van der Waals surface area (Å²) in [5.41, 5.74) is 2.64. The molecule has 0 aliphatic rings. The van der Waals surface area contributed by atoms with Crippen LogP contribution in [0.1, 0.15) is 18.5 Å². The van der Waals surface area contributed by atoms with Gasteiger partial charge in [-0.1, -0.05) is 30.3 Å². The number of aliphatic carboxylic acids is 1. The van der Waals surface area contributed by atoms with Gasteiger partial charge in [0.15, 0.2) is 0 Å². The molecule has 1 unspecified atom stereocenters. The van der Waals surface area contributed by atoms with Gasteiger partial charge < -0.3 is 5.11 Å². The number of pyridine rings is 1. The molecule has 1 heterocycles. The van der Waals surface area contributed by atoms with E-state index < -0.39 is 11.9 Å². The first-order valence-electron chi connectivity index (χ1n) is 5.42. The summed E-state index contributed by atoms with van der Waals surface area (Å²) in [5, 5.41) is 8.96. The van der Waals surface area contributed by atoms with Crippen molar-refractivity contribution < 1.29 is 9.90 Å². The van der Waals surface area contributed by atoms with Crippen LogP contribution in [-0.2, 0) is 4.79 Å². The van der Waals surface area contributed by atoms with Crippen LogP contribution in [0.25, 0.3) is 11.1 Å². The fourth-order valence-corrected chi connectivity index (χ4v) is 1.62. The normalized spacial score (nSPS) is 12.1. The van der Waals surface area contributed by atoms with Gasteiger partial charge in [0.2, 0.25) is 0 Å². The van der Waals surface area contributed by atoms with Gasteiger partial charge in [0, 0.05) is 6.20 Å². The first-order valence-corrected chi connectivity index (χ1v) is 5.42. The van der Waals surface area contributed by atoms with Crippen molar-refractivity contribution in [2.24, 2.45) is 0 Å². The van der Waals surface area contributed by atoms with Crippen molar-refractivity contribution in [1.82, 2.24) is 4.98 Å². The number of carbonyl (C=O) groups is 1. The lowest BCUT2D eigenvalue weighted by Gasteiger charge is -2.07. The highest BCUT2D eigenvalue weighted by Crippen LogP contribution is 2.22. The van der Waals surface area contributed by atoms with Crippen LogP contribution < -0.4 is 0 Å². The summed E-state index contributed by atoms with van der Waals surface area (Å²) in [6.45, 7) is 1.64. The molecule has 86 valence electrons. The van der Waals surface area contributed by atoms with Crippen LogP contribution in [0.2, 0.25) is 0 Å². The van der Waals surface area contributed by atoms with Gasteiger partial charge in [0.25, 0.3) is 0 Å². The lowest BCUT2D eigenvalue weighted by atomic mass is 10.0. The summed E-state index contributed by atoms with van der Waals surface area (Å²) in [7, 11) is 0. The van der Waals surface area contributed by atoms with E-state index in [0.29, 0.717) is 5.69 Å². The lowest BCUT2D eigenvalue weighted by molar-refractivity contribution is -0.138. The minimum atomic E-state index is -0.859. The first-order chi connectivity index (χ1) is 8.18. The monoisotopic (exact) mass is 227 g/mol. The molecular formula is C14H13NO2. The number of carboxylic acid groups (broad SMARTS) is 1. The van der Waals surface area contributed by atoms with E-state index in [1.165, 1.54) is 0 Å². The van der Waals surface area contributed by atoms with Crippen LogP contribution >= 0.6 is 0 Å². The third-order valence-electron chi connectivity index (χ3n) is 2.70. The number of rotatable bonds is 3. The number of carboxylic acids is 1. The maximum atomic E-state index is 10.9. The molecule has 0 aliphatic carbocycles. The van der Waals surface area contributed by atoms with Crippen molar-refractivity contribution in [3.8, 4) is 11.1 Å². The van der Waals surface area contributed by atoms with Crippen LogP contribution in [0, 0.1) is 0 Å². The third kappa shape index (κ3) is 2.50. The standard InChI is InChI=1S/C14H13NO2/c1-10(14(16)17)13-9-12(7-8-15-13)11-5-3-2-4-6-11/h2-10H,1H3,(H,16,17). The van der Waals surface area contributed by atoms with E-state index in [9.17, 15) is 4.79 Å². The van der Waals surface area contributed by atoms with Gasteiger partial charge in [-0.15, -0.1) is 0 Å². The Kier molecular flexibility index (Phi) is 3.19. The molecule has 0 fully saturated rings. The third-order valence-corrected chi connectivity index (χ3v) is 2.70. The van der Waals surface area contributed by atoms with Crippen LogP contribution in [0.15, 0.2) is 48.7 Å². The van der Waals surface area contributed by atoms with Gasteiger partial charge in [-0.05, 0) is 30.2 Å². The second-order valence-electron chi connectivity index (χ2n) is 3.90. The van der Waals surface area contributed by atoms with Crippen LogP contribution in [-0.4, -0.2) is 16.1 Å². The van der Waals surface area contributed by atoms with Crippen molar-refractivity contribution in [2.75, 3.05) is 0 Å². The van der Waals surface area contributed by atoms with Crippen molar-refractivity contribution in [1.29, 1.82) is 0 Å². The average molecular weight is 227 g/mol. The minimum absolute atomic E-state index is 0.582. The fourth-order valence-electron chi connectivity index (χ4n) is 1.62. The molecule has 3 heteroatoms. The molecule has 0 saturated carbocycles. The zero-order valence-corrected chi connectivity index (χ0v) is 9.50. The summed E-state index contributed by atoms with van der Waals surface area (Å²) >= 11 is 0. The molecule has 17 heavy (non-hydrogen) atoms. The molecule has 1 aromatic carbocycles. The van der Waals surface area contributed by atoms with Crippen molar-refractivity contribution in [3.05, 3.63) is 54.4 Å². The zero-order chi connectivity index (χ0) is 12.3. The Morgan fingerprint density at radius 1 is 1.18 bits per heavy atom. The van der Waals surface area contributed by atoms with Crippen LogP contribution in [0.5, 0.6) is 0 Å². The summed E-state index contributed by atoms with van der Waals surface area (Å²) in [6.07, 6.45) is 1.65. The summed E-state index contributed by atoms with van der Waals surface area (Å²) < 4.78 is 0. The van der Waals surface area contributed by atoms with Gasteiger partial charge in [0.05, 0.1) is 11.6 Å². The van der Waals surface area contributed by atoms with Gasteiger partial charge in [-0.2, -0.15) is 0 Å². The molecule has 0 aliphatic heterocycles. The summed E-state index contributed by atoms with van der Waals surface area (Å²) in [4.78, 5) is 15.0. The van der Waals surface area contributed by atoms with E-state index in [1.54, 1.807) is 13.1 Å². The molecule has 0 amide bonds. The molecule has 0 saturated heterocycles. The number of hydrogen-bond donors (Lipinski definition) is 1. The number of nitrogens with zero attached hydrogens (tertiary/aromatic N) is 1. The highest BCUT2D eigenvalue weighted by Gasteiger charge is 2.15. The Balaban J connectivity index is 2.39. The van der Waals surface area contributed by atoms with E-state index >= 15 is 0 Å². The second kappa shape index (κ2) is 4.78. The highest BCUT2D eigenvalue weighted by atomic mass is 16.4. The Morgan fingerprint density at radius 3 is 2.53 bits per heavy atom. The van der Waals surface area contributed by atoms with E-state index in [4.69, 9.17) is 5.11 Å². The van der Waals surface area contributed by atoms with Gasteiger partial charge in [-0.3, -0.25) is 9.78 Å². The second-order valence-corrected chi connectivity index (χ2v) is 3.90. The zero-order valence-electron chi connectivity index (χ0n) is 9.50. The van der Waals surface area contributed by atoms with Crippen molar-refractivity contribution in [3.63, 3.8) is 0 Å². The maximum Gasteiger partial charge on any atom is 0.312 e. The van der Waals surface area contributed by atoms with Gasteiger partial charge >= 0.3 is 5.97 Å². The van der Waals surface area contributed by atoms with E-state index in [2.05, 4.69) is 4.98 Å². The summed E-state index contributed by atoms with van der Waals surface area (Å²) in [6, 6.07) is 13.5. The van der Waals surface area contributed by atoms with Crippen LogP contribution in [0.3, 0.4) is 0 Å². The largest absolute Gasteiger partial charge is 0.481 e. The molecule has 1 N–H and O–H groups in total. The smallest absolute Gasteiger partial charge is 0.312 e. The SMILES string of the molecule is CC(C(=O)O)c1cc(-c2ccccc2)ccn1. The van der Waals surface area contributed by atoms with Gasteiger partial charge in [-0.25, -0.2) is 0 Å². The van der Waals surface area contributed by atoms with E-state index in [-0.39, 0.29) is 0 Å². The van der Waals surface area contributed by atoms with Crippen molar-refractivity contribution >= 4 is 5.97 Å². The quantitative estimate of drug-likeness (QED) is 0.877. The van der Waals surface area contributed by atoms with Gasteiger partial charge in [0.1, 0.15) is 0 Å². The Hall–Kier alpha value is -2.16. The van der Waals surface area contributed by atoms with E-state index in [1.807, 2.05) is 42.5 Å². The molecule has 2 rings (SSSR count). The Bertz CT molecular complexity index is 523. The predicted octanol–water partition coefficient (Wildman–Crippen LogP) is 2.94. The molecule has 0 spiro atoms. The summed E-state index contributed by atoms with van der Waals surface area (Å²) in [5.74, 6) is -1.44. The number of benzene rings is 1. The molecule has 0 bridgehead atoms. The topological polar surface area (TPSA) is 50.2 Å². The minimum Gasteiger partial charge on any atom is -0.481 e. The Morgan fingerprint density at radius 2 is 1.88 bits per heavy atom. The maximum absolute atomic E-state index is 10.9. The first kappa shape index (κ1) is 11.3. The number of aromatic nitrogens is 1. The van der Waals surface area contributed by atoms with Crippen molar-refractivity contribution in [2.45, 2.75) is 12.8 Å². The Labute approximate surface area is 99.8 Å².